The smallest absolute Gasteiger partial charge is 0.227 e. The summed E-state index contributed by atoms with van der Waals surface area (Å²) < 4.78 is 0.832. The number of anilines is 2. The zero-order chi connectivity index (χ0) is 11.5. The van der Waals surface area contributed by atoms with Gasteiger partial charge >= 0.3 is 0 Å². The molecule has 0 heterocycles. The lowest BCUT2D eigenvalue weighted by atomic mass is 10.1. The number of carbonyl (C=O) groups excluding carboxylic acids is 1. The number of nitrogen functional groups attached to an aromatic ring is 1. The molecule has 1 aliphatic rings. The van der Waals surface area contributed by atoms with Crippen molar-refractivity contribution in [3.8, 4) is 0 Å². The first-order chi connectivity index (χ1) is 7.66. The predicted molar refractivity (Wildman–Crippen MR) is 69.1 cm³/mol. The molecule has 0 radical (unpaired) electrons. The maximum absolute atomic E-state index is 11.9. The van der Waals surface area contributed by atoms with E-state index in [2.05, 4.69) is 21.2 Å². The van der Waals surface area contributed by atoms with Gasteiger partial charge in [0.15, 0.2) is 0 Å². The molecule has 1 aromatic rings. The van der Waals surface area contributed by atoms with Gasteiger partial charge in [-0.1, -0.05) is 12.8 Å². The van der Waals surface area contributed by atoms with E-state index in [-0.39, 0.29) is 11.8 Å². The molecule has 1 fully saturated rings. The third-order valence-corrected chi connectivity index (χ3v) is 3.63. The molecule has 1 amide bonds. The van der Waals surface area contributed by atoms with E-state index in [1.165, 1.54) is 12.8 Å². The average molecular weight is 283 g/mol. The molecule has 86 valence electrons. The summed E-state index contributed by atoms with van der Waals surface area (Å²) in [7, 11) is 0. The summed E-state index contributed by atoms with van der Waals surface area (Å²) in [6, 6.07) is 5.41. The number of amides is 1. The van der Waals surface area contributed by atoms with E-state index in [4.69, 9.17) is 5.73 Å². The molecule has 0 spiro atoms. The molecule has 16 heavy (non-hydrogen) atoms. The van der Waals surface area contributed by atoms with Crippen molar-refractivity contribution in [2.24, 2.45) is 5.92 Å². The van der Waals surface area contributed by atoms with Crippen molar-refractivity contribution in [2.45, 2.75) is 25.7 Å². The van der Waals surface area contributed by atoms with Crippen molar-refractivity contribution in [3.63, 3.8) is 0 Å². The summed E-state index contributed by atoms with van der Waals surface area (Å²) in [6.07, 6.45) is 4.36. The minimum Gasteiger partial charge on any atom is -0.399 e. The van der Waals surface area contributed by atoms with E-state index in [0.717, 1.165) is 23.0 Å². The second-order valence-corrected chi connectivity index (χ2v) is 5.06. The number of benzene rings is 1. The Kier molecular flexibility index (Phi) is 3.49. The van der Waals surface area contributed by atoms with Gasteiger partial charge in [0, 0.05) is 16.1 Å². The number of nitrogens with one attached hydrogen (secondary N) is 1. The molecule has 0 bridgehead atoms. The van der Waals surface area contributed by atoms with Gasteiger partial charge in [-0.05, 0) is 47.0 Å². The highest BCUT2D eigenvalue weighted by Gasteiger charge is 2.22. The summed E-state index contributed by atoms with van der Waals surface area (Å²) in [6.45, 7) is 0. The van der Waals surface area contributed by atoms with Crippen molar-refractivity contribution in [1.82, 2.24) is 0 Å². The highest BCUT2D eigenvalue weighted by Crippen LogP contribution is 2.29. The fourth-order valence-corrected chi connectivity index (χ4v) is 2.55. The van der Waals surface area contributed by atoms with E-state index in [9.17, 15) is 4.79 Å². The lowest BCUT2D eigenvalue weighted by molar-refractivity contribution is -0.119. The van der Waals surface area contributed by atoms with Gasteiger partial charge in [-0.15, -0.1) is 0 Å². The first-order valence-electron chi connectivity index (χ1n) is 5.52. The van der Waals surface area contributed by atoms with E-state index in [0.29, 0.717) is 5.69 Å². The molecule has 0 atom stereocenters. The number of hydrogen-bond donors (Lipinski definition) is 2. The Morgan fingerprint density at radius 1 is 1.38 bits per heavy atom. The Morgan fingerprint density at radius 3 is 2.69 bits per heavy atom. The molecule has 0 unspecified atom stereocenters. The molecule has 2 rings (SSSR count). The second kappa shape index (κ2) is 4.87. The Morgan fingerprint density at radius 2 is 2.06 bits per heavy atom. The van der Waals surface area contributed by atoms with E-state index in [1.807, 2.05) is 6.07 Å². The molecule has 0 aliphatic heterocycles. The van der Waals surface area contributed by atoms with Gasteiger partial charge < -0.3 is 11.1 Å². The number of rotatable bonds is 2. The third-order valence-electron chi connectivity index (χ3n) is 2.98. The third kappa shape index (κ3) is 2.55. The molecule has 3 N–H and O–H groups in total. The minimum atomic E-state index is 0.128. The number of nitrogens with two attached hydrogens (primary N) is 1. The number of carbonyl (C=O) groups is 1. The van der Waals surface area contributed by atoms with Crippen LogP contribution in [-0.4, -0.2) is 5.91 Å². The van der Waals surface area contributed by atoms with Gasteiger partial charge in [0.1, 0.15) is 0 Å². The number of hydrogen-bond acceptors (Lipinski definition) is 2. The average Bonchev–Trinajstić information content (AvgIpc) is 2.75. The minimum absolute atomic E-state index is 0.128. The maximum atomic E-state index is 11.9. The molecule has 1 aromatic carbocycles. The summed E-state index contributed by atoms with van der Waals surface area (Å²) in [5, 5.41) is 2.94. The Hall–Kier alpha value is -1.03. The number of halogens is 1. The van der Waals surface area contributed by atoms with Gasteiger partial charge in [0.05, 0.1) is 5.69 Å². The van der Waals surface area contributed by atoms with Crippen LogP contribution in [0, 0.1) is 5.92 Å². The quantitative estimate of drug-likeness (QED) is 0.819. The van der Waals surface area contributed by atoms with Gasteiger partial charge in [0.2, 0.25) is 5.91 Å². The lowest BCUT2D eigenvalue weighted by Gasteiger charge is -2.11. The molecule has 0 saturated heterocycles. The summed E-state index contributed by atoms with van der Waals surface area (Å²) >= 11 is 3.39. The molecule has 4 heteroatoms. The SMILES string of the molecule is Nc1ccc(NC(=O)C2CCCC2)c(Br)c1. The highest BCUT2D eigenvalue weighted by molar-refractivity contribution is 9.10. The van der Waals surface area contributed by atoms with Gasteiger partial charge in [0.25, 0.3) is 0 Å². The van der Waals surface area contributed by atoms with Crippen LogP contribution < -0.4 is 11.1 Å². The zero-order valence-corrected chi connectivity index (χ0v) is 10.6. The van der Waals surface area contributed by atoms with Gasteiger partial charge in [-0.3, -0.25) is 4.79 Å². The van der Waals surface area contributed by atoms with Gasteiger partial charge in [-0.25, -0.2) is 0 Å². The molecule has 1 aliphatic carbocycles. The first-order valence-corrected chi connectivity index (χ1v) is 6.32. The van der Waals surface area contributed by atoms with Crippen LogP contribution in [0.1, 0.15) is 25.7 Å². The van der Waals surface area contributed by atoms with Crippen molar-refractivity contribution < 1.29 is 4.79 Å². The van der Waals surface area contributed by atoms with Crippen molar-refractivity contribution >= 4 is 33.2 Å². The Balaban J connectivity index is 2.05. The van der Waals surface area contributed by atoms with Crippen LogP contribution in [0.15, 0.2) is 22.7 Å². The second-order valence-electron chi connectivity index (χ2n) is 4.21. The normalized spacial score (nSPS) is 16.3. The summed E-state index contributed by atoms with van der Waals surface area (Å²) in [4.78, 5) is 11.9. The van der Waals surface area contributed by atoms with Gasteiger partial charge in [-0.2, -0.15) is 0 Å². The van der Waals surface area contributed by atoms with Crippen LogP contribution in [-0.2, 0) is 4.79 Å². The largest absolute Gasteiger partial charge is 0.399 e. The summed E-state index contributed by atoms with van der Waals surface area (Å²) in [5.74, 6) is 0.312. The molecule has 0 aromatic heterocycles. The summed E-state index contributed by atoms with van der Waals surface area (Å²) in [5.41, 5.74) is 7.12. The van der Waals surface area contributed by atoms with Crippen molar-refractivity contribution in [1.29, 1.82) is 0 Å². The van der Waals surface area contributed by atoms with Crippen molar-refractivity contribution in [3.05, 3.63) is 22.7 Å². The first kappa shape index (κ1) is 11.5. The van der Waals surface area contributed by atoms with Crippen LogP contribution in [0.2, 0.25) is 0 Å². The molecular formula is C12H15BrN2O. The van der Waals surface area contributed by atoms with Crippen LogP contribution in [0.5, 0.6) is 0 Å². The van der Waals surface area contributed by atoms with Crippen LogP contribution in [0.4, 0.5) is 11.4 Å². The zero-order valence-electron chi connectivity index (χ0n) is 9.00. The van der Waals surface area contributed by atoms with Crippen LogP contribution in [0.25, 0.3) is 0 Å². The topological polar surface area (TPSA) is 55.1 Å². The fourth-order valence-electron chi connectivity index (χ4n) is 2.06. The highest BCUT2D eigenvalue weighted by atomic mass is 79.9. The van der Waals surface area contributed by atoms with E-state index < -0.39 is 0 Å². The molecule has 3 nitrogen and oxygen atoms in total. The van der Waals surface area contributed by atoms with Crippen molar-refractivity contribution in [2.75, 3.05) is 11.1 Å². The van der Waals surface area contributed by atoms with E-state index in [1.54, 1.807) is 12.1 Å². The Bertz CT molecular complexity index is 400. The monoisotopic (exact) mass is 282 g/mol. The molecular weight excluding hydrogens is 268 g/mol. The standard InChI is InChI=1S/C12H15BrN2O/c13-10-7-9(14)5-6-11(10)15-12(16)8-3-1-2-4-8/h5-8H,1-4,14H2,(H,15,16). The molecule has 1 saturated carbocycles. The van der Waals surface area contributed by atoms with E-state index >= 15 is 0 Å². The Labute approximate surface area is 104 Å². The van der Waals surface area contributed by atoms with Crippen LogP contribution >= 0.6 is 15.9 Å². The lowest BCUT2D eigenvalue weighted by Crippen LogP contribution is -2.20. The predicted octanol–water partition coefficient (Wildman–Crippen LogP) is 3.16. The van der Waals surface area contributed by atoms with Crippen LogP contribution in [0.3, 0.4) is 0 Å². The fraction of sp³-hybridized carbons (Fsp3) is 0.417. The maximum Gasteiger partial charge on any atom is 0.227 e.